The van der Waals surface area contributed by atoms with Gasteiger partial charge in [0.15, 0.2) is 0 Å². The molecule has 0 rings (SSSR count). The zero-order valence-electron chi connectivity index (χ0n) is 6.87. The van der Waals surface area contributed by atoms with Crippen molar-refractivity contribution in [1.29, 1.82) is 0 Å². The van der Waals surface area contributed by atoms with Gasteiger partial charge in [0.1, 0.15) is 6.04 Å². The quantitative estimate of drug-likeness (QED) is 0.539. The van der Waals surface area contributed by atoms with Gasteiger partial charge in [-0.2, -0.15) is 0 Å². The number of hydrogen-bond acceptors (Lipinski definition) is 3. The topological polar surface area (TPSA) is 83.5 Å². The molecule has 66 valence electrons. The smallest absolute Gasteiger partial charge is 0.323 e. The van der Waals surface area contributed by atoms with Crippen LogP contribution in [0.1, 0.15) is 26.7 Å². The molecule has 0 aliphatic carbocycles. The van der Waals surface area contributed by atoms with E-state index in [4.69, 9.17) is 10.8 Å². The van der Waals surface area contributed by atoms with Crippen LogP contribution in [-0.2, 0) is 4.79 Å². The predicted octanol–water partition coefficient (Wildman–Crippen LogP) is -0.0506. The van der Waals surface area contributed by atoms with E-state index in [-0.39, 0.29) is 0 Å². The molecule has 0 heterocycles. The van der Waals surface area contributed by atoms with Crippen LogP contribution in [0.2, 0.25) is 0 Å². The number of aliphatic hydroxyl groups is 1. The highest BCUT2D eigenvalue weighted by Gasteiger charge is 2.35. The first-order valence-electron chi connectivity index (χ1n) is 3.68. The summed E-state index contributed by atoms with van der Waals surface area (Å²) >= 11 is 0. The molecular formula is C7H15NO3. The maximum Gasteiger partial charge on any atom is 0.323 e. The first kappa shape index (κ1) is 10.4. The lowest BCUT2D eigenvalue weighted by Gasteiger charge is -2.28. The zero-order chi connectivity index (χ0) is 9.07. The van der Waals surface area contributed by atoms with E-state index in [0.29, 0.717) is 12.8 Å². The number of carboxylic acid groups (broad SMARTS) is 1. The Morgan fingerprint density at radius 2 is 1.91 bits per heavy atom. The second-order valence-electron chi connectivity index (χ2n) is 2.63. The summed E-state index contributed by atoms with van der Waals surface area (Å²) in [5.41, 5.74) is 4.01. The van der Waals surface area contributed by atoms with E-state index in [9.17, 15) is 9.90 Å². The molecule has 0 amide bonds. The van der Waals surface area contributed by atoms with Crippen LogP contribution in [0.5, 0.6) is 0 Å². The second kappa shape index (κ2) is 3.69. The molecule has 0 spiro atoms. The Balaban J connectivity index is 4.36. The van der Waals surface area contributed by atoms with Gasteiger partial charge in [-0.25, -0.2) is 0 Å². The number of rotatable bonds is 4. The number of carboxylic acids is 1. The van der Waals surface area contributed by atoms with E-state index in [1.54, 1.807) is 13.8 Å². The minimum absolute atomic E-state index is 0.358. The molecule has 0 radical (unpaired) electrons. The van der Waals surface area contributed by atoms with Gasteiger partial charge in [-0.05, 0) is 12.8 Å². The average molecular weight is 161 g/mol. The van der Waals surface area contributed by atoms with Gasteiger partial charge in [0.25, 0.3) is 0 Å². The normalized spacial score (nSPS) is 14.5. The van der Waals surface area contributed by atoms with Crippen LogP contribution in [0, 0.1) is 0 Å². The molecule has 0 aliphatic rings. The number of hydrogen-bond donors (Lipinski definition) is 3. The first-order chi connectivity index (χ1) is 4.98. The average Bonchev–Trinajstić information content (AvgIpc) is 2.01. The van der Waals surface area contributed by atoms with Gasteiger partial charge in [-0.3, -0.25) is 4.79 Å². The molecular weight excluding hydrogens is 146 g/mol. The lowest BCUT2D eigenvalue weighted by Crippen LogP contribution is -2.52. The van der Waals surface area contributed by atoms with E-state index < -0.39 is 17.6 Å². The highest BCUT2D eigenvalue weighted by molar-refractivity contribution is 5.74. The van der Waals surface area contributed by atoms with Crippen LogP contribution in [0.15, 0.2) is 0 Å². The molecule has 0 aromatic rings. The lowest BCUT2D eigenvalue weighted by molar-refractivity contribution is -0.145. The number of nitrogens with two attached hydrogens (primary N) is 1. The third-order valence-corrected chi connectivity index (χ3v) is 2.07. The van der Waals surface area contributed by atoms with Crippen LogP contribution in [0.4, 0.5) is 0 Å². The summed E-state index contributed by atoms with van der Waals surface area (Å²) in [6.07, 6.45) is 0.716. The monoisotopic (exact) mass is 161 g/mol. The summed E-state index contributed by atoms with van der Waals surface area (Å²) < 4.78 is 0. The number of carbonyl (C=O) groups is 1. The molecule has 0 aromatic heterocycles. The van der Waals surface area contributed by atoms with Crippen molar-refractivity contribution < 1.29 is 15.0 Å². The summed E-state index contributed by atoms with van der Waals surface area (Å²) in [5.74, 6) is -1.16. The lowest BCUT2D eigenvalue weighted by atomic mass is 9.89. The van der Waals surface area contributed by atoms with Crippen molar-refractivity contribution in [3.63, 3.8) is 0 Å². The summed E-state index contributed by atoms with van der Waals surface area (Å²) in [6.45, 7) is 3.43. The maximum absolute atomic E-state index is 10.4. The fraction of sp³-hybridized carbons (Fsp3) is 0.857. The molecule has 0 saturated carbocycles. The van der Waals surface area contributed by atoms with Crippen LogP contribution in [0.25, 0.3) is 0 Å². The minimum atomic E-state index is -1.26. The van der Waals surface area contributed by atoms with Crippen molar-refractivity contribution in [2.45, 2.75) is 38.3 Å². The molecule has 0 bridgehead atoms. The van der Waals surface area contributed by atoms with Crippen molar-refractivity contribution in [1.82, 2.24) is 0 Å². The molecule has 4 nitrogen and oxygen atoms in total. The van der Waals surface area contributed by atoms with Gasteiger partial charge >= 0.3 is 5.97 Å². The Kier molecular flexibility index (Phi) is 3.48. The van der Waals surface area contributed by atoms with E-state index in [1.165, 1.54) is 0 Å². The van der Waals surface area contributed by atoms with E-state index in [2.05, 4.69) is 0 Å². The first-order valence-corrected chi connectivity index (χ1v) is 3.68. The van der Waals surface area contributed by atoms with E-state index in [1.807, 2.05) is 0 Å². The largest absolute Gasteiger partial charge is 0.480 e. The van der Waals surface area contributed by atoms with E-state index in [0.717, 1.165) is 0 Å². The molecule has 4 heteroatoms. The van der Waals surface area contributed by atoms with Crippen LogP contribution < -0.4 is 5.73 Å². The van der Waals surface area contributed by atoms with Gasteiger partial charge in [0.05, 0.1) is 5.60 Å². The molecule has 0 unspecified atom stereocenters. The molecule has 0 aromatic carbocycles. The maximum atomic E-state index is 10.4. The fourth-order valence-corrected chi connectivity index (χ4v) is 0.920. The standard InChI is InChI=1S/C7H15NO3/c1-3-7(11,4-2)5(8)6(9)10/h5,11H,3-4,8H2,1-2H3,(H,9,10)/t5-/m0/s1. The molecule has 0 fully saturated rings. The summed E-state index contributed by atoms with van der Waals surface area (Å²) in [4.78, 5) is 10.4. The summed E-state index contributed by atoms with van der Waals surface area (Å²) in [6, 6.07) is -1.18. The Morgan fingerprint density at radius 3 is 2.00 bits per heavy atom. The third-order valence-electron chi connectivity index (χ3n) is 2.07. The molecule has 1 atom stereocenters. The Labute approximate surface area is 66.0 Å². The van der Waals surface area contributed by atoms with Crippen molar-refractivity contribution in [2.24, 2.45) is 5.73 Å². The number of aliphatic carboxylic acids is 1. The highest BCUT2D eigenvalue weighted by Crippen LogP contribution is 2.17. The van der Waals surface area contributed by atoms with Crippen LogP contribution in [-0.4, -0.2) is 27.8 Å². The molecule has 0 aliphatic heterocycles. The predicted molar refractivity (Wildman–Crippen MR) is 41.1 cm³/mol. The molecule has 11 heavy (non-hydrogen) atoms. The van der Waals surface area contributed by atoms with Gasteiger partial charge in [0, 0.05) is 0 Å². The van der Waals surface area contributed by atoms with Crippen LogP contribution in [0.3, 0.4) is 0 Å². The van der Waals surface area contributed by atoms with Crippen molar-refractivity contribution in [3.05, 3.63) is 0 Å². The zero-order valence-corrected chi connectivity index (χ0v) is 6.87. The van der Waals surface area contributed by atoms with Crippen molar-refractivity contribution in [3.8, 4) is 0 Å². The molecule has 0 saturated heterocycles. The third kappa shape index (κ3) is 2.17. The summed E-state index contributed by atoms with van der Waals surface area (Å²) in [5, 5.41) is 18.1. The minimum Gasteiger partial charge on any atom is -0.480 e. The molecule has 4 N–H and O–H groups in total. The van der Waals surface area contributed by atoms with Gasteiger partial charge in [-0.1, -0.05) is 13.8 Å². The summed E-state index contributed by atoms with van der Waals surface area (Å²) in [7, 11) is 0. The van der Waals surface area contributed by atoms with Gasteiger partial charge in [-0.15, -0.1) is 0 Å². The van der Waals surface area contributed by atoms with Crippen molar-refractivity contribution in [2.75, 3.05) is 0 Å². The Morgan fingerprint density at radius 1 is 1.55 bits per heavy atom. The van der Waals surface area contributed by atoms with Crippen molar-refractivity contribution >= 4 is 5.97 Å². The highest BCUT2D eigenvalue weighted by atomic mass is 16.4. The second-order valence-corrected chi connectivity index (χ2v) is 2.63. The Bertz CT molecular complexity index is 143. The van der Waals surface area contributed by atoms with Gasteiger partial charge in [0.2, 0.25) is 0 Å². The van der Waals surface area contributed by atoms with E-state index >= 15 is 0 Å². The van der Waals surface area contributed by atoms with Gasteiger partial charge < -0.3 is 15.9 Å². The Hall–Kier alpha value is -0.610. The fourth-order valence-electron chi connectivity index (χ4n) is 0.920. The SMILES string of the molecule is CCC(O)(CC)[C@@H](N)C(=O)O. The van der Waals surface area contributed by atoms with Crippen LogP contribution >= 0.6 is 0 Å².